The average Bonchev–Trinajstić information content (AvgIpc) is 3.57. The van der Waals surface area contributed by atoms with Gasteiger partial charge in [-0.3, -0.25) is 9.59 Å². The minimum atomic E-state index is -0.816. The third kappa shape index (κ3) is 7.34. The number of benzene rings is 1. The number of β-amino-alcohol motifs (C(OH)–C–C–N with tert-alkyl or cyclic N) is 1. The molecule has 11 heteroatoms. The number of nitrogens with zero attached hydrogens (tertiary/aromatic N) is 2. The second kappa shape index (κ2) is 12.6. The number of thiophene rings is 1. The van der Waals surface area contributed by atoms with Crippen LogP contribution in [0.2, 0.25) is 0 Å². The van der Waals surface area contributed by atoms with E-state index < -0.39 is 23.2 Å². The topological polar surface area (TPSA) is 144 Å². The van der Waals surface area contributed by atoms with E-state index in [1.165, 1.54) is 29.5 Å². The molecule has 1 aromatic carbocycles. The molecule has 43 heavy (non-hydrogen) atoms. The van der Waals surface area contributed by atoms with Gasteiger partial charge in [-0.05, 0) is 80.0 Å². The summed E-state index contributed by atoms with van der Waals surface area (Å²) in [6.07, 6.45) is 13.0. The summed E-state index contributed by atoms with van der Waals surface area (Å²) in [4.78, 5) is 32.0. The largest absolute Gasteiger partial charge is 0.388 e. The second-order valence-corrected chi connectivity index (χ2v) is 11.6. The molecule has 0 saturated carbocycles. The summed E-state index contributed by atoms with van der Waals surface area (Å²) < 4.78 is 15.5. The van der Waals surface area contributed by atoms with Crippen LogP contribution in [0.25, 0.3) is 11.8 Å². The molecule has 1 unspecified atom stereocenters. The maximum absolute atomic E-state index is 14.7. The number of fused-ring (bicyclic) bond motifs is 1. The number of carbonyl (C=O) groups is 2. The molecule has 1 aliphatic carbocycles. The van der Waals surface area contributed by atoms with E-state index in [9.17, 15) is 19.1 Å². The number of anilines is 3. The maximum Gasteiger partial charge on any atom is 0.265 e. The van der Waals surface area contributed by atoms with Crippen LogP contribution in [-0.4, -0.2) is 46.3 Å². The summed E-state index contributed by atoms with van der Waals surface area (Å²) in [5.41, 5.74) is 8.78. The monoisotopic (exact) mass is 598 g/mol. The van der Waals surface area contributed by atoms with E-state index >= 15 is 0 Å². The Morgan fingerprint density at radius 1 is 1.21 bits per heavy atom. The summed E-state index contributed by atoms with van der Waals surface area (Å²) >= 11 is 1.26. The summed E-state index contributed by atoms with van der Waals surface area (Å²) in [5.74, 6) is -1.63. The van der Waals surface area contributed by atoms with Gasteiger partial charge in [0.25, 0.3) is 11.8 Å². The molecule has 5 rings (SSSR count). The number of aromatic nitrogens is 1. The van der Waals surface area contributed by atoms with Gasteiger partial charge >= 0.3 is 0 Å². The highest BCUT2D eigenvalue weighted by molar-refractivity contribution is 7.12. The van der Waals surface area contributed by atoms with E-state index in [4.69, 9.17) is 11.1 Å². The molecule has 220 valence electrons. The number of pyridine rings is 1. The molecule has 3 aromatic rings. The van der Waals surface area contributed by atoms with Crippen LogP contribution >= 0.6 is 11.3 Å². The van der Waals surface area contributed by atoms with Gasteiger partial charge in [0.2, 0.25) is 0 Å². The molecule has 1 saturated heterocycles. The normalized spacial score (nSPS) is 19.6. The molecular formula is C32H31FN6O3S. The Kier molecular flexibility index (Phi) is 8.68. The molecule has 9 nitrogen and oxygen atoms in total. The van der Waals surface area contributed by atoms with E-state index in [-0.39, 0.29) is 22.7 Å². The zero-order valence-electron chi connectivity index (χ0n) is 23.5. The third-order valence-electron chi connectivity index (χ3n) is 7.02. The van der Waals surface area contributed by atoms with Crippen molar-refractivity contribution in [2.75, 3.05) is 28.6 Å². The first kappa shape index (κ1) is 29.7. The van der Waals surface area contributed by atoms with Crippen molar-refractivity contribution in [3.8, 4) is 0 Å². The lowest BCUT2D eigenvalue weighted by Crippen LogP contribution is -2.29. The van der Waals surface area contributed by atoms with Crippen LogP contribution in [0.5, 0.6) is 0 Å². The fourth-order valence-corrected chi connectivity index (χ4v) is 5.66. The van der Waals surface area contributed by atoms with Crippen molar-refractivity contribution in [2.45, 2.75) is 31.8 Å². The van der Waals surface area contributed by atoms with Crippen LogP contribution in [0.4, 0.5) is 21.6 Å². The standard InChI is InChI=1S/C32H31FN6O3S/c1-32(42)13-14-39(19-32)22-10-12-29(36-18-22)37-26(30(35)40)17-24(34)20-9-11-23(33)25(15-20)38-31(41)28-16-21-7-5-3-2-4-6-8-27(21)43-28/h2-3,6-7,9-12,15-18,34,42H,4-5,13-14,19H2,1H3,(H2,35,40)(H,36,37)(H,38,41)/b3-2-,21-7+,26-17+,34-24?. The lowest BCUT2D eigenvalue weighted by Gasteiger charge is -2.20. The summed E-state index contributed by atoms with van der Waals surface area (Å²) in [6, 6.07) is 9.09. The first-order chi connectivity index (χ1) is 20.6. The van der Waals surface area contributed by atoms with E-state index in [1.807, 2.05) is 29.2 Å². The Hall–Kier alpha value is -4.83. The van der Waals surface area contributed by atoms with Crippen molar-refractivity contribution >= 4 is 57.9 Å². The van der Waals surface area contributed by atoms with Gasteiger partial charge in [0.15, 0.2) is 0 Å². The number of amides is 2. The van der Waals surface area contributed by atoms with Crippen molar-refractivity contribution in [1.29, 1.82) is 5.41 Å². The van der Waals surface area contributed by atoms with E-state index in [2.05, 4.69) is 27.4 Å². The number of nitrogens with one attached hydrogen (secondary N) is 3. The van der Waals surface area contributed by atoms with Crippen LogP contribution < -0.4 is 31.0 Å². The number of nitrogens with two attached hydrogens (primary N) is 1. The van der Waals surface area contributed by atoms with Crippen molar-refractivity contribution in [1.82, 2.24) is 4.98 Å². The first-order valence-electron chi connectivity index (χ1n) is 13.7. The van der Waals surface area contributed by atoms with Crippen LogP contribution in [0.3, 0.4) is 0 Å². The lowest BCUT2D eigenvalue weighted by atomic mass is 10.1. The van der Waals surface area contributed by atoms with Gasteiger partial charge in [-0.25, -0.2) is 9.37 Å². The number of aliphatic hydroxyl groups is 1. The van der Waals surface area contributed by atoms with Gasteiger partial charge < -0.3 is 31.8 Å². The summed E-state index contributed by atoms with van der Waals surface area (Å²) in [5, 5.41) is 25.1. The minimum absolute atomic E-state index is 0.0912. The number of carbonyl (C=O) groups excluding carboxylic acids is 2. The number of hydrogen-bond donors (Lipinski definition) is 5. The van der Waals surface area contributed by atoms with Crippen molar-refractivity contribution in [3.05, 3.63) is 98.6 Å². The highest BCUT2D eigenvalue weighted by Gasteiger charge is 2.31. The predicted molar refractivity (Wildman–Crippen MR) is 168 cm³/mol. The minimum Gasteiger partial charge on any atom is -0.388 e. The van der Waals surface area contributed by atoms with E-state index in [1.54, 1.807) is 25.3 Å². The molecule has 1 fully saturated rings. The molecular weight excluding hydrogens is 567 g/mol. The quantitative estimate of drug-likeness (QED) is 0.153. The lowest BCUT2D eigenvalue weighted by molar-refractivity contribution is -0.114. The maximum atomic E-state index is 14.7. The molecule has 1 atom stereocenters. The SMILES string of the molecule is CC1(O)CCN(c2ccc(N/C(=C/C(=N)c3ccc(F)c(NC(=O)c4c/c5c(s4)=C=CC/C=C\C/C=5)c3)C(N)=O)nc2)C1. The first-order valence-corrected chi connectivity index (χ1v) is 14.5. The van der Waals surface area contributed by atoms with Gasteiger partial charge in [-0.2, -0.15) is 0 Å². The van der Waals surface area contributed by atoms with Gasteiger partial charge in [0.1, 0.15) is 17.3 Å². The van der Waals surface area contributed by atoms with E-state index in [0.29, 0.717) is 30.2 Å². The Bertz CT molecular complexity index is 1800. The molecule has 0 bridgehead atoms. The smallest absolute Gasteiger partial charge is 0.265 e. The predicted octanol–water partition coefficient (Wildman–Crippen LogP) is 3.41. The van der Waals surface area contributed by atoms with Gasteiger partial charge in [-0.1, -0.05) is 18.2 Å². The molecule has 0 radical (unpaired) electrons. The van der Waals surface area contributed by atoms with Crippen LogP contribution in [-0.2, 0) is 4.79 Å². The molecule has 3 heterocycles. The van der Waals surface area contributed by atoms with Crippen LogP contribution in [0.15, 0.2) is 72.6 Å². The highest BCUT2D eigenvalue weighted by Crippen LogP contribution is 2.26. The van der Waals surface area contributed by atoms with Crippen molar-refractivity contribution in [3.63, 3.8) is 0 Å². The molecule has 2 aliphatic rings. The molecule has 1 aliphatic heterocycles. The van der Waals surface area contributed by atoms with Crippen LogP contribution in [0, 0.1) is 11.2 Å². The zero-order chi connectivity index (χ0) is 30.6. The number of halogens is 1. The Morgan fingerprint density at radius 2 is 2.02 bits per heavy atom. The third-order valence-corrected chi connectivity index (χ3v) is 8.10. The van der Waals surface area contributed by atoms with E-state index in [0.717, 1.165) is 34.3 Å². The van der Waals surface area contributed by atoms with Gasteiger partial charge in [0, 0.05) is 18.7 Å². The number of hydrogen-bond acceptors (Lipinski definition) is 8. The van der Waals surface area contributed by atoms with Crippen molar-refractivity contribution < 1.29 is 19.1 Å². The Morgan fingerprint density at radius 3 is 2.74 bits per heavy atom. The second-order valence-electron chi connectivity index (χ2n) is 10.6. The fraction of sp³-hybridized carbons (Fsp3) is 0.219. The molecule has 2 amide bonds. The molecule has 0 spiro atoms. The zero-order valence-corrected chi connectivity index (χ0v) is 24.3. The van der Waals surface area contributed by atoms with Crippen molar-refractivity contribution in [2.24, 2.45) is 5.73 Å². The van der Waals surface area contributed by atoms with Gasteiger partial charge in [0.05, 0.1) is 38.3 Å². The number of primary amides is 1. The summed E-state index contributed by atoms with van der Waals surface area (Å²) in [6.45, 7) is 2.99. The van der Waals surface area contributed by atoms with Crippen LogP contribution in [0.1, 0.15) is 41.4 Å². The van der Waals surface area contributed by atoms with Gasteiger partial charge in [-0.15, -0.1) is 17.1 Å². The summed E-state index contributed by atoms with van der Waals surface area (Å²) in [7, 11) is 0. The molecule has 6 N–H and O–H groups in total. The highest BCUT2D eigenvalue weighted by atomic mass is 32.1. The Balaban J connectivity index is 1.31. The Labute approximate surface area is 251 Å². The molecule has 2 aromatic heterocycles. The number of allylic oxidation sites excluding steroid dienone is 4. The average molecular weight is 599 g/mol. The fourth-order valence-electron chi connectivity index (χ4n) is 4.71. The number of rotatable bonds is 8.